The maximum atomic E-state index is 12.8. The summed E-state index contributed by atoms with van der Waals surface area (Å²) in [5, 5.41) is -0.307. The number of rotatable bonds is 7. The van der Waals surface area contributed by atoms with Crippen molar-refractivity contribution in [1.82, 2.24) is 4.98 Å². The molecule has 2 aromatic rings. The van der Waals surface area contributed by atoms with Crippen molar-refractivity contribution in [3.05, 3.63) is 46.8 Å². The summed E-state index contributed by atoms with van der Waals surface area (Å²) < 4.78 is 10.3. The molecule has 1 aromatic heterocycles. The van der Waals surface area contributed by atoms with E-state index in [2.05, 4.69) is 4.98 Å². The highest BCUT2D eigenvalue weighted by Crippen LogP contribution is 2.30. The molecular weight excluding hydrogens is 338 g/mol. The molecule has 134 valence electrons. The van der Waals surface area contributed by atoms with E-state index < -0.39 is 5.97 Å². The molecule has 0 saturated carbocycles. The van der Waals surface area contributed by atoms with Crippen LogP contribution in [0.4, 0.5) is 0 Å². The first-order chi connectivity index (χ1) is 11.9. The Morgan fingerprint density at radius 1 is 1.28 bits per heavy atom. The van der Waals surface area contributed by atoms with Gasteiger partial charge in [0.05, 0.1) is 30.2 Å². The minimum atomic E-state index is -0.402. The molecule has 0 fully saturated rings. The number of aryl methyl sites for hydroxylation is 1. The van der Waals surface area contributed by atoms with Crippen LogP contribution in [0.3, 0.4) is 0 Å². The van der Waals surface area contributed by atoms with Gasteiger partial charge < -0.3 is 14.5 Å². The normalized spacial score (nSPS) is 11.9. The minimum Gasteiger partial charge on any atom is -0.497 e. The number of hydrogen-bond acceptors (Lipinski definition) is 5. The zero-order chi connectivity index (χ0) is 18.6. The zero-order valence-corrected chi connectivity index (χ0v) is 16.0. The fourth-order valence-corrected chi connectivity index (χ4v) is 3.62. The van der Waals surface area contributed by atoms with Crippen molar-refractivity contribution in [3.63, 3.8) is 0 Å². The Hall–Kier alpha value is -2.21. The molecular formula is C19H23NO4S. The van der Waals surface area contributed by atoms with Gasteiger partial charge in [-0.05, 0) is 51.5 Å². The zero-order valence-electron chi connectivity index (χ0n) is 15.1. The number of ether oxygens (including phenoxy) is 2. The molecule has 0 aliphatic rings. The van der Waals surface area contributed by atoms with Crippen LogP contribution in [-0.2, 0) is 4.74 Å². The maximum absolute atomic E-state index is 12.8. The van der Waals surface area contributed by atoms with E-state index in [0.717, 1.165) is 10.6 Å². The average molecular weight is 361 g/mol. The lowest BCUT2D eigenvalue weighted by atomic mass is 10.1. The molecule has 0 amide bonds. The van der Waals surface area contributed by atoms with Gasteiger partial charge in [-0.1, -0.05) is 6.07 Å². The average Bonchev–Trinajstić information content (AvgIpc) is 2.89. The van der Waals surface area contributed by atoms with Gasteiger partial charge in [0.1, 0.15) is 5.75 Å². The van der Waals surface area contributed by atoms with Crippen LogP contribution in [0.2, 0.25) is 0 Å². The number of aromatic nitrogens is 1. The van der Waals surface area contributed by atoms with Gasteiger partial charge in [0, 0.05) is 10.6 Å². The molecule has 1 unspecified atom stereocenters. The molecule has 5 nitrogen and oxygen atoms in total. The largest absolute Gasteiger partial charge is 0.497 e. The molecule has 0 saturated heterocycles. The molecule has 25 heavy (non-hydrogen) atoms. The molecule has 1 heterocycles. The molecule has 1 atom stereocenters. The number of esters is 1. The highest BCUT2D eigenvalue weighted by atomic mass is 32.2. The van der Waals surface area contributed by atoms with Crippen LogP contribution in [-0.4, -0.2) is 35.7 Å². The van der Waals surface area contributed by atoms with E-state index >= 15 is 0 Å². The highest BCUT2D eigenvalue weighted by Gasteiger charge is 2.26. The maximum Gasteiger partial charge on any atom is 0.340 e. The predicted molar refractivity (Wildman–Crippen MR) is 98.9 cm³/mol. The first kappa shape index (κ1) is 19.1. The first-order valence-corrected chi connectivity index (χ1v) is 8.98. The Balaban J connectivity index is 2.22. The van der Waals surface area contributed by atoms with Crippen LogP contribution in [0, 0.1) is 13.8 Å². The summed E-state index contributed by atoms with van der Waals surface area (Å²) in [6.07, 6.45) is 0. The smallest absolute Gasteiger partial charge is 0.340 e. The Kier molecular flexibility index (Phi) is 6.31. The second kappa shape index (κ2) is 8.25. The lowest BCUT2D eigenvalue weighted by Gasteiger charge is -2.11. The van der Waals surface area contributed by atoms with Gasteiger partial charge in [0.2, 0.25) is 0 Å². The van der Waals surface area contributed by atoms with Crippen molar-refractivity contribution >= 4 is 23.5 Å². The van der Waals surface area contributed by atoms with Crippen molar-refractivity contribution in [2.24, 2.45) is 0 Å². The van der Waals surface area contributed by atoms with Crippen LogP contribution in [0.25, 0.3) is 0 Å². The third-order valence-corrected chi connectivity index (χ3v) is 4.98. The summed E-state index contributed by atoms with van der Waals surface area (Å²) >= 11 is 1.45. The number of hydrogen-bond donors (Lipinski definition) is 1. The summed E-state index contributed by atoms with van der Waals surface area (Å²) in [4.78, 5) is 28.9. The molecule has 6 heteroatoms. The monoisotopic (exact) mass is 361 g/mol. The summed E-state index contributed by atoms with van der Waals surface area (Å²) in [5.41, 5.74) is 2.20. The topological polar surface area (TPSA) is 68.4 Å². The summed E-state index contributed by atoms with van der Waals surface area (Å²) in [6.45, 7) is 7.45. The van der Waals surface area contributed by atoms with Gasteiger partial charge in [-0.15, -0.1) is 11.8 Å². The third-order valence-electron chi connectivity index (χ3n) is 3.89. The van der Waals surface area contributed by atoms with Crippen LogP contribution in [0.5, 0.6) is 5.75 Å². The second-order valence-corrected chi connectivity index (χ2v) is 7.06. The van der Waals surface area contributed by atoms with Gasteiger partial charge in [-0.25, -0.2) is 4.79 Å². The third kappa shape index (κ3) is 4.25. The van der Waals surface area contributed by atoms with Crippen LogP contribution < -0.4 is 4.74 Å². The van der Waals surface area contributed by atoms with Crippen molar-refractivity contribution in [1.29, 1.82) is 0 Å². The Labute approximate surface area is 152 Å². The van der Waals surface area contributed by atoms with E-state index in [9.17, 15) is 9.59 Å². The van der Waals surface area contributed by atoms with Crippen molar-refractivity contribution in [2.75, 3.05) is 13.7 Å². The quantitative estimate of drug-likeness (QED) is 0.455. The number of ketones is 1. The number of H-pyrrole nitrogens is 1. The molecule has 2 rings (SSSR count). The Morgan fingerprint density at radius 3 is 2.64 bits per heavy atom. The van der Waals surface area contributed by atoms with Crippen LogP contribution in [0.15, 0.2) is 29.2 Å². The second-order valence-electron chi connectivity index (χ2n) is 5.65. The van der Waals surface area contributed by atoms with E-state index in [0.29, 0.717) is 29.1 Å². The number of nitrogens with one attached hydrogen (secondary N) is 1. The van der Waals surface area contributed by atoms with Crippen molar-refractivity contribution < 1.29 is 19.1 Å². The standard InChI is InChI=1S/C19H23NO4S/c1-6-24-19(22)16-11(2)17(20-12(16)3)18(21)13(4)25-15-9-7-8-14(10-15)23-5/h7-10,13,20H,6H2,1-5H3. The molecule has 0 aliphatic heterocycles. The highest BCUT2D eigenvalue weighted by molar-refractivity contribution is 8.00. The van der Waals surface area contributed by atoms with Crippen molar-refractivity contribution in [3.8, 4) is 5.75 Å². The molecule has 0 spiro atoms. The number of carbonyl (C=O) groups is 2. The van der Waals surface area contributed by atoms with Crippen LogP contribution in [0.1, 0.15) is 46.0 Å². The van der Waals surface area contributed by atoms with E-state index in [1.807, 2.05) is 31.2 Å². The van der Waals surface area contributed by atoms with E-state index in [4.69, 9.17) is 9.47 Å². The molecule has 0 radical (unpaired) electrons. The first-order valence-electron chi connectivity index (χ1n) is 8.10. The number of methoxy groups -OCH3 is 1. The van der Waals surface area contributed by atoms with E-state index in [-0.39, 0.29) is 11.0 Å². The fraction of sp³-hybridized carbons (Fsp3) is 0.368. The summed E-state index contributed by atoms with van der Waals surface area (Å²) in [5.74, 6) is 0.297. The Morgan fingerprint density at radius 2 is 2.00 bits per heavy atom. The van der Waals surface area contributed by atoms with Gasteiger partial charge >= 0.3 is 5.97 Å². The Bertz CT molecular complexity index is 782. The van der Waals surface area contributed by atoms with Gasteiger partial charge in [-0.3, -0.25) is 4.79 Å². The number of benzene rings is 1. The lowest BCUT2D eigenvalue weighted by molar-refractivity contribution is 0.0525. The summed E-state index contributed by atoms with van der Waals surface area (Å²) in [7, 11) is 1.61. The molecule has 0 aliphatic carbocycles. The molecule has 1 N–H and O–H groups in total. The predicted octanol–water partition coefficient (Wildman–Crippen LogP) is 4.18. The SMILES string of the molecule is CCOC(=O)c1c(C)[nH]c(C(=O)C(C)Sc2cccc(OC)c2)c1C. The number of carbonyl (C=O) groups excluding carboxylic acids is 2. The number of Topliss-reactive ketones (excluding diaryl/α,β-unsaturated/α-hetero) is 1. The van der Waals surface area contributed by atoms with Gasteiger partial charge in [0.15, 0.2) is 5.78 Å². The number of thioether (sulfide) groups is 1. The lowest BCUT2D eigenvalue weighted by Crippen LogP contribution is -2.15. The molecule has 1 aromatic carbocycles. The van der Waals surface area contributed by atoms with Gasteiger partial charge in [-0.2, -0.15) is 0 Å². The van der Waals surface area contributed by atoms with Crippen molar-refractivity contribution in [2.45, 2.75) is 37.8 Å². The molecule has 0 bridgehead atoms. The van der Waals surface area contributed by atoms with E-state index in [1.54, 1.807) is 27.9 Å². The van der Waals surface area contributed by atoms with E-state index in [1.165, 1.54) is 11.8 Å². The number of aromatic amines is 1. The minimum absolute atomic E-state index is 0.0519. The van der Waals surface area contributed by atoms with Crippen LogP contribution >= 0.6 is 11.8 Å². The summed E-state index contributed by atoms with van der Waals surface area (Å²) in [6, 6.07) is 7.58. The van der Waals surface area contributed by atoms with Gasteiger partial charge in [0.25, 0.3) is 0 Å². The fourth-order valence-electron chi connectivity index (χ4n) is 2.64.